The van der Waals surface area contributed by atoms with Gasteiger partial charge in [-0.15, -0.1) is 0 Å². The first-order chi connectivity index (χ1) is 10.2. The summed E-state index contributed by atoms with van der Waals surface area (Å²) in [5.41, 5.74) is 1.43. The van der Waals surface area contributed by atoms with Crippen molar-refractivity contribution in [3.05, 3.63) is 29.8 Å². The molecule has 21 heavy (non-hydrogen) atoms. The quantitative estimate of drug-likeness (QED) is 0.705. The van der Waals surface area contributed by atoms with Crippen molar-refractivity contribution >= 4 is 0 Å². The van der Waals surface area contributed by atoms with Gasteiger partial charge in [0.25, 0.3) is 0 Å². The minimum atomic E-state index is 0.658. The van der Waals surface area contributed by atoms with Crippen LogP contribution in [0.2, 0.25) is 0 Å². The van der Waals surface area contributed by atoms with E-state index in [1.807, 2.05) is 0 Å². The van der Waals surface area contributed by atoms with Gasteiger partial charge in [-0.05, 0) is 48.8 Å². The third-order valence-electron chi connectivity index (χ3n) is 4.24. The van der Waals surface area contributed by atoms with E-state index >= 15 is 0 Å². The molecule has 0 bridgehead atoms. The zero-order valence-corrected chi connectivity index (χ0v) is 13.6. The number of ether oxygens (including phenoxy) is 2. The Bertz CT molecular complexity index is 396. The number of rotatable bonds is 9. The monoisotopic (exact) mass is 291 g/mol. The Morgan fingerprint density at radius 2 is 1.86 bits per heavy atom. The molecule has 1 aliphatic rings. The Kier molecular flexibility index (Phi) is 6.52. The molecule has 0 atom stereocenters. The van der Waals surface area contributed by atoms with Gasteiger partial charge in [-0.1, -0.05) is 26.0 Å². The summed E-state index contributed by atoms with van der Waals surface area (Å²) in [7, 11) is 1.71. The summed E-state index contributed by atoms with van der Waals surface area (Å²) >= 11 is 0. The molecule has 1 aromatic rings. The van der Waals surface area contributed by atoms with Gasteiger partial charge in [-0.2, -0.15) is 0 Å². The van der Waals surface area contributed by atoms with Gasteiger partial charge in [0, 0.05) is 19.2 Å². The standard InChI is InChI=1S/C18H29NO2/c1-14(2)8-10-21-11-9-19-17-12-16(13-17)15-4-6-18(20-3)7-5-15/h4-7,14,16-17,19H,8-13H2,1-3H3. The van der Waals surface area contributed by atoms with E-state index in [1.165, 1.54) is 18.4 Å². The number of benzene rings is 1. The van der Waals surface area contributed by atoms with Crippen LogP contribution in [0, 0.1) is 5.92 Å². The SMILES string of the molecule is COc1ccc(C2CC(NCCOCCC(C)C)C2)cc1. The van der Waals surface area contributed by atoms with E-state index in [1.54, 1.807) is 7.11 Å². The summed E-state index contributed by atoms with van der Waals surface area (Å²) in [4.78, 5) is 0. The van der Waals surface area contributed by atoms with Crippen molar-refractivity contribution < 1.29 is 9.47 Å². The fourth-order valence-electron chi connectivity index (χ4n) is 2.69. The van der Waals surface area contributed by atoms with Crippen LogP contribution in [0.25, 0.3) is 0 Å². The van der Waals surface area contributed by atoms with Gasteiger partial charge in [-0.3, -0.25) is 0 Å². The van der Waals surface area contributed by atoms with Gasteiger partial charge >= 0.3 is 0 Å². The van der Waals surface area contributed by atoms with Crippen LogP contribution in [0.3, 0.4) is 0 Å². The van der Waals surface area contributed by atoms with Crippen LogP contribution >= 0.6 is 0 Å². The van der Waals surface area contributed by atoms with Crippen molar-refractivity contribution in [3.63, 3.8) is 0 Å². The third-order valence-corrected chi connectivity index (χ3v) is 4.24. The Labute approximate surface area is 129 Å². The Morgan fingerprint density at radius 3 is 2.48 bits per heavy atom. The van der Waals surface area contributed by atoms with Gasteiger partial charge < -0.3 is 14.8 Å². The molecule has 1 N–H and O–H groups in total. The molecule has 1 fully saturated rings. The second kappa shape index (κ2) is 8.40. The fraction of sp³-hybridized carbons (Fsp3) is 0.667. The molecule has 3 nitrogen and oxygen atoms in total. The molecule has 0 aromatic heterocycles. The van der Waals surface area contributed by atoms with E-state index in [4.69, 9.17) is 9.47 Å². The summed E-state index contributed by atoms with van der Waals surface area (Å²) in [5, 5.41) is 3.58. The minimum Gasteiger partial charge on any atom is -0.497 e. The molecule has 1 aromatic carbocycles. The van der Waals surface area contributed by atoms with Crippen LogP contribution in [0.4, 0.5) is 0 Å². The lowest BCUT2D eigenvalue weighted by molar-refractivity contribution is 0.119. The minimum absolute atomic E-state index is 0.658. The zero-order chi connectivity index (χ0) is 15.1. The van der Waals surface area contributed by atoms with Gasteiger partial charge in [-0.25, -0.2) is 0 Å². The first-order valence-electron chi connectivity index (χ1n) is 8.14. The summed E-state index contributed by atoms with van der Waals surface area (Å²) in [6.07, 6.45) is 3.62. The highest BCUT2D eigenvalue weighted by molar-refractivity contribution is 5.30. The molecule has 1 aliphatic carbocycles. The van der Waals surface area contributed by atoms with Gasteiger partial charge in [0.2, 0.25) is 0 Å². The van der Waals surface area contributed by atoms with Crippen LogP contribution in [-0.4, -0.2) is 32.9 Å². The van der Waals surface area contributed by atoms with E-state index in [-0.39, 0.29) is 0 Å². The van der Waals surface area contributed by atoms with Gasteiger partial charge in [0.15, 0.2) is 0 Å². The van der Waals surface area contributed by atoms with Crippen molar-refractivity contribution in [1.29, 1.82) is 0 Å². The molecule has 118 valence electrons. The lowest BCUT2D eigenvalue weighted by Crippen LogP contribution is -2.41. The van der Waals surface area contributed by atoms with E-state index < -0.39 is 0 Å². The second-order valence-corrected chi connectivity index (χ2v) is 6.39. The Morgan fingerprint density at radius 1 is 1.14 bits per heavy atom. The smallest absolute Gasteiger partial charge is 0.118 e. The van der Waals surface area contributed by atoms with E-state index in [0.29, 0.717) is 12.0 Å². The van der Waals surface area contributed by atoms with Crippen LogP contribution in [-0.2, 0) is 4.74 Å². The van der Waals surface area contributed by atoms with Crippen molar-refractivity contribution in [2.45, 2.75) is 45.1 Å². The van der Waals surface area contributed by atoms with Crippen molar-refractivity contribution in [2.75, 3.05) is 26.9 Å². The maximum atomic E-state index is 5.62. The Hall–Kier alpha value is -1.06. The summed E-state index contributed by atoms with van der Waals surface area (Å²) < 4.78 is 10.8. The average molecular weight is 291 g/mol. The predicted molar refractivity (Wildman–Crippen MR) is 87.0 cm³/mol. The molecular formula is C18H29NO2. The van der Waals surface area contributed by atoms with Gasteiger partial charge in [0.1, 0.15) is 5.75 Å². The second-order valence-electron chi connectivity index (χ2n) is 6.39. The molecule has 0 amide bonds. The highest BCUT2D eigenvalue weighted by atomic mass is 16.5. The van der Waals surface area contributed by atoms with Crippen LogP contribution < -0.4 is 10.1 Å². The van der Waals surface area contributed by atoms with E-state index in [9.17, 15) is 0 Å². The molecule has 0 spiro atoms. The van der Waals surface area contributed by atoms with E-state index in [0.717, 1.165) is 37.8 Å². The lowest BCUT2D eigenvalue weighted by atomic mass is 9.76. The normalized spacial score (nSPS) is 21.3. The van der Waals surface area contributed by atoms with Crippen LogP contribution in [0.15, 0.2) is 24.3 Å². The predicted octanol–water partition coefficient (Wildman–Crippen LogP) is 3.59. The summed E-state index contributed by atoms with van der Waals surface area (Å²) in [5.74, 6) is 2.37. The fourth-order valence-corrected chi connectivity index (χ4v) is 2.69. The molecule has 1 saturated carbocycles. The zero-order valence-electron chi connectivity index (χ0n) is 13.6. The summed E-state index contributed by atoms with van der Waals surface area (Å²) in [6, 6.07) is 9.15. The van der Waals surface area contributed by atoms with Gasteiger partial charge in [0.05, 0.1) is 13.7 Å². The molecular weight excluding hydrogens is 262 g/mol. The molecule has 0 heterocycles. The first-order valence-corrected chi connectivity index (χ1v) is 8.14. The largest absolute Gasteiger partial charge is 0.497 e. The number of nitrogens with one attached hydrogen (secondary N) is 1. The van der Waals surface area contributed by atoms with Crippen molar-refractivity contribution in [3.8, 4) is 5.75 Å². The molecule has 0 saturated heterocycles. The van der Waals surface area contributed by atoms with Crippen molar-refractivity contribution in [1.82, 2.24) is 5.32 Å². The van der Waals surface area contributed by atoms with E-state index in [2.05, 4.69) is 43.4 Å². The average Bonchev–Trinajstić information content (AvgIpc) is 2.44. The lowest BCUT2D eigenvalue weighted by Gasteiger charge is -2.36. The first kappa shape index (κ1) is 16.3. The third kappa shape index (κ3) is 5.33. The number of methoxy groups -OCH3 is 1. The van der Waals surface area contributed by atoms with Crippen LogP contribution in [0.1, 0.15) is 44.6 Å². The van der Waals surface area contributed by atoms with Crippen molar-refractivity contribution in [2.24, 2.45) is 5.92 Å². The number of hydrogen-bond donors (Lipinski definition) is 1. The van der Waals surface area contributed by atoms with Crippen LogP contribution in [0.5, 0.6) is 5.75 Å². The summed E-state index contributed by atoms with van der Waals surface area (Å²) in [6.45, 7) is 7.15. The molecule has 0 unspecified atom stereocenters. The topological polar surface area (TPSA) is 30.5 Å². The maximum Gasteiger partial charge on any atom is 0.118 e. The Balaban J connectivity index is 1.54. The molecule has 3 heteroatoms. The maximum absolute atomic E-state index is 5.62. The molecule has 0 radical (unpaired) electrons. The highest BCUT2D eigenvalue weighted by Crippen LogP contribution is 2.37. The highest BCUT2D eigenvalue weighted by Gasteiger charge is 2.29. The number of hydrogen-bond acceptors (Lipinski definition) is 3. The molecule has 0 aliphatic heterocycles. The molecule has 2 rings (SSSR count).